The zero-order chi connectivity index (χ0) is 12.7. The Bertz CT molecular complexity index is 591. The first-order chi connectivity index (χ1) is 8.68. The van der Waals surface area contributed by atoms with Crippen LogP contribution >= 0.6 is 0 Å². The second-order valence-corrected chi connectivity index (χ2v) is 4.41. The molecule has 0 amide bonds. The van der Waals surface area contributed by atoms with Gasteiger partial charge in [-0.15, -0.1) is 0 Å². The molecule has 2 aromatic rings. The smallest absolute Gasteiger partial charge is 0.201 e. The molecule has 0 spiro atoms. The van der Waals surface area contributed by atoms with E-state index < -0.39 is 11.6 Å². The fraction of sp³-hybridized carbons (Fsp3) is 0.417. The monoisotopic (exact) mass is 253 g/mol. The lowest BCUT2D eigenvalue weighted by Gasteiger charge is -2.24. The van der Waals surface area contributed by atoms with Crippen LogP contribution in [0.5, 0.6) is 0 Å². The normalized spacial score (nSPS) is 17.4. The van der Waals surface area contributed by atoms with Gasteiger partial charge in [-0.1, -0.05) is 0 Å². The summed E-state index contributed by atoms with van der Waals surface area (Å²) in [5.74, 6) is -1.54. The van der Waals surface area contributed by atoms with Crippen molar-refractivity contribution < 1.29 is 13.5 Å². The zero-order valence-electron chi connectivity index (χ0n) is 9.70. The van der Waals surface area contributed by atoms with Crippen LogP contribution in [-0.2, 0) is 4.74 Å². The van der Waals surface area contributed by atoms with Crippen LogP contribution in [0.1, 0.15) is 18.9 Å². The Morgan fingerprint density at radius 2 is 2.00 bits per heavy atom. The number of hydrogen-bond acceptors (Lipinski definition) is 3. The molecule has 1 saturated heterocycles. The predicted molar refractivity (Wildman–Crippen MR) is 63.2 cm³/mol. The number of imidazole rings is 1. The van der Waals surface area contributed by atoms with E-state index in [1.807, 2.05) is 0 Å². The molecule has 96 valence electrons. The summed E-state index contributed by atoms with van der Waals surface area (Å²) in [5.41, 5.74) is 6.36. The van der Waals surface area contributed by atoms with E-state index in [-0.39, 0.29) is 17.5 Å². The van der Waals surface area contributed by atoms with Crippen molar-refractivity contribution in [3.63, 3.8) is 0 Å². The number of benzene rings is 1. The first-order valence-electron chi connectivity index (χ1n) is 5.87. The molecule has 1 aromatic carbocycles. The molecule has 1 fully saturated rings. The van der Waals surface area contributed by atoms with Crippen LogP contribution in [0.2, 0.25) is 0 Å². The van der Waals surface area contributed by atoms with Gasteiger partial charge in [-0.05, 0) is 25.0 Å². The standard InChI is InChI=1S/C12H13F2N3O/c13-8-1-2-9-11(10(8)14)17(12(15)16-9)7-3-5-18-6-4-7/h1-2,7H,3-6H2,(H2,15,16). The van der Waals surface area contributed by atoms with Crippen molar-refractivity contribution in [2.24, 2.45) is 0 Å². The van der Waals surface area contributed by atoms with Crippen molar-refractivity contribution in [2.45, 2.75) is 18.9 Å². The number of hydrogen-bond donors (Lipinski definition) is 1. The van der Waals surface area contributed by atoms with E-state index in [9.17, 15) is 8.78 Å². The average Bonchev–Trinajstić information content (AvgIpc) is 2.72. The number of aromatic nitrogens is 2. The van der Waals surface area contributed by atoms with Gasteiger partial charge < -0.3 is 15.0 Å². The summed E-state index contributed by atoms with van der Waals surface area (Å²) >= 11 is 0. The first kappa shape index (κ1) is 11.4. The minimum absolute atomic E-state index is 0.0139. The van der Waals surface area contributed by atoms with Gasteiger partial charge in [0.25, 0.3) is 0 Å². The van der Waals surface area contributed by atoms with E-state index in [2.05, 4.69) is 4.98 Å². The quantitative estimate of drug-likeness (QED) is 0.848. The highest BCUT2D eigenvalue weighted by atomic mass is 19.2. The van der Waals surface area contributed by atoms with Crippen molar-refractivity contribution in [2.75, 3.05) is 18.9 Å². The number of halogens is 2. The SMILES string of the molecule is Nc1nc2ccc(F)c(F)c2n1C1CCOCC1. The summed E-state index contributed by atoms with van der Waals surface area (Å²) in [6.07, 6.45) is 1.46. The van der Waals surface area contributed by atoms with Crippen LogP contribution in [0, 0.1) is 11.6 Å². The number of nitrogens with two attached hydrogens (primary N) is 1. The molecule has 2 heterocycles. The lowest BCUT2D eigenvalue weighted by atomic mass is 10.1. The maximum absolute atomic E-state index is 13.9. The van der Waals surface area contributed by atoms with Gasteiger partial charge in [0.05, 0.1) is 5.52 Å². The third kappa shape index (κ3) is 1.64. The highest BCUT2D eigenvalue weighted by Crippen LogP contribution is 2.31. The van der Waals surface area contributed by atoms with Crippen molar-refractivity contribution in [1.82, 2.24) is 9.55 Å². The van der Waals surface area contributed by atoms with Gasteiger partial charge in [0.15, 0.2) is 11.6 Å². The molecular formula is C12H13F2N3O. The molecule has 18 heavy (non-hydrogen) atoms. The van der Waals surface area contributed by atoms with Crippen molar-refractivity contribution >= 4 is 17.0 Å². The van der Waals surface area contributed by atoms with E-state index >= 15 is 0 Å². The first-order valence-corrected chi connectivity index (χ1v) is 5.87. The molecule has 0 radical (unpaired) electrons. The highest BCUT2D eigenvalue weighted by Gasteiger charge is 2.23. The highest BCUT2D eigenvalue weighted by molar-refractivity contribution is 5.79. The molecule has 3 rings (SSSR count). The lowest BCUT2D eigenvalue weighted by molar-refractivity contribution is 0.0710. The molecule has 1 aromatic heterocycles. The van der Waals surface area contributed by atoms with Gasteiger partial charge >= 0.3 is 0 Å². The molecule has 0 unspecified atom stereocenters. The Balaban J connectivity index is 2.20. The molecule has 4 nitrogen and oxygen atoms in total. The number of nitrogens with zero attached hydrogens (tertiary/aromatic N) is 2. The minimum atomic E-state index is -0.886. The Morgan fingerprint density at radius 3 is 2.72 bits per heavy atom. The molecule has 1 aliphatic rings. The summed E-state index contributed by atoms with van der Waals surface area (Å²) in [5, 5.41) is 0. The Kier molecular flexibility index (Phi) is 2.66. The number of nitrogen functional groups attached to an aromatic ring is 1. The van der Waals surface area contributed by atoms with Crippen LogP contribution in [0.15, 0.2) is 12.1 Å². The fourth-order valence-corrected chi connectivity index (χ4v) is 2.45. The molecular weight excluding hydrogens is 240 g/mol. The molecule has 0 bridgehead atoms. The zero-order valence-corrected chi connectivity index (χ0v) is 9.70. The number of rotatable bonds is 1. The van der Waals surface area contributed by atoms with Crippen LogP contribution in [0.25, 0.3) is 11.0 Å². The predicted octanol–water partition coefficient (Wildman–Crippen LogP) is 2.25. The summed E-state index contributed by atoms with van der Waals surface area (Å²) in [6.45, 7) is 1.20. The second-order valence-electron chi connectivity index (χ2n) is 4.41. The maximum Gasteiger partial charge on any atom is 0.201 e. The van der Waals surface area contributed by atoms with Crippen LogP contribution in [-0.4, -0.2) is 22.8 Å². The van der Waals surface area contributed by atoms with Gasteiger partial charge in [0, 0.05) is 19.3 Å². The van der Waals surface area contributed by atoms with E-state index in [1.54, 1.807) is 4.57 Å². The summed E-state index contributed by atoms with van der Waals surface area (Å²) < 4.78 is 34.1. The van der Waals surface area contributed by atoms with Crippen LogP contribution in [0.3, 0.4) is 0 Å². The Morgan fingerprint density at radius 1 is 1.28 bits per heavy atom. The summed E-state index contributed by atoms with van der Waals surface area (Å²) in [7, 11) is 0. The molecule has 2 N–H and O–H groups in total. The van der Waals surface area contributed by atoms with E-state index in [4.69, 9.17) is 10.5 Å². The molecule has 0 atom stereocenters. The molecule has 1 aliphatic heterocycles. The van der Waals surface area contributed by atoms with Gasteiger partial charge in [-0.3, -0.25) is 0 Å². The third-order valence-electron chi connectivity index (χ3n) is 3.33. The average molecular weight is 253 g/mol. The largest absolute Gasteiger partial charge is 0.381 e. The van der Waals surface area contributed by atoms with E-state index in [0.717, 1.165) is 18.9 Å². The maximum atomic E-state index is 13.9. The minimum Gasteiger partial charge on any atom is -0.381 e. The van der Waals surface area contributed by atoms with E-state index in [0.29, 0.717) is 18.7 Å². The summed E-state index contributed by atoms with van der Waals surface area (Å²) in [4.78, 5) is 4.08. The van der Waals surface area contributed by atoms with Crippen molar-refractivity contribution in [3.05, 3.63) is 23.8 Å². The molecule has 0 aliphatic carbocycles. The van der Waals surface area contributed by atoms with Gasteiger partial charge in [-0.25, -0.2) is 13.8 Å². The van der Waals surface area contributed by atoms with Gasteiger partial charge in [0.2, 0.25) is 5.95 Å². The van der Waals surface area contributed by atoms with Gasteiger partial charge in [-0.2, -0.15) is 0 Å². The van der Waals surface area contributed by atoms with E-state index in [1.165, 1.54) is 6.07 Å². The van der Waals surface area contributed by atoms with Crippen LogP contribution < -0.4 is 5.73 Å². The lowest BCUT2D eigenvalue weighted by Crippen LogP contribution is -2.21. The molecule has 6 heteroatoms. The number of ether oxygens (including phenoxy) is 1. The Labute approximate surface area is 102 Å². The third-order valence-corrected chi connectivity index (χ3v) is 3.33. The topological polar surface area (TPSA) is 53.1 Å². The molecule has 0 saturated carbocycles. The Hall–Kier alpha value is -1.69. The summed E-state index contributed by atoms with van der Waals surface area (Å²) in [6, 6.07) is 2.53. The van der Waals surface area contributed by atoms with Crippen molar-refractivity contribution in [1.29, 1.82) is 0 Å². The number of fused-ring (bicyclic) bond motifs is 1. The van der Waals surface area contributed by atoms with Crippen LogP contribution in [0.4, 0.5) is 14.7 Å². The fourth-order valence-electron chi connectivity index (χ4n) is 2.45. The number of anilines is 1. The van der Waals surface area contributed by atoms with Gasteiger partial charge in [0.1, 0.15) is 5.52 Å². The second kappa shape index (κ2) is 4.20. The van der Waals surface area contributed by atoms with Crippen molar-refractivity contribution in [3.8, 4) is 0 Å².